The largest absolute Gasteiger partial charge is 0.298 e. The Morgan fingerprint density at radius 3 is 2.00 bits per heavy atom. The van der Waals surface area contributed by atoms with Crippen LogP contribution in [0.1, 0.15) is 45.6 Å². The van der Waals surface area contributed by atoms with Gasteiger partial charge in [0.05, 0.1) is 4.90 Å². The Labute approximate surface area is 109 Å². The molecule has 0 aliphatic heterocycles. The Balaban J connectivity index is 3.10. The summed E-state index contributed by atoms with van der Waals surface area (Å²) in [4.78, 5) is 11.8. The highest BCUT2D eigenvalue weighted by molar-refractivity contribution is 7.92. The summed E-state index contributed by atoms with van der Waals surface area (Å²) in [6, 6.07) is 6.79. The van der Waals surface area contributed by atoms with Crippen LogP contribution in [0.15, 0.2) is 29.2 Å². The minimum Gasteiger partial charge on any atom is -0.298 e. The van der Waals surface area contributed by atoms with E-state index in [1.165, 1.54) is 6.92 Å². The SMILES string of the molecule is CCC(=O)C(C)S(=O)(=O)c1ccc(C(C)C)cc1. The Bertz CT molecular complexity index is 512. The van der Waals surface area contributed by atoms with Crippen LogP contribution >= 0.6 is 0 Å². The monoisotopic (exact) mass is 268 g/mol. The summed E-state index contributed by atoms with van der Waals surface area (Å²) in [5.74, 6) is 0.111. The fourth-order valence-electron chi connectivity index (χ4n) is 1.71. The average Bonchev–Trinajstić information content (AvgIpc) is 2.36. The van der Waals surface area contributed by atoms with Gasteiger partial charge in [-0.15, -0.1) is 0 Å². The van der Waals surface area contributed by atoms with E-state index in [1.807, 2.05) is 13.8 Å². The molecule has 0 aliphatic rings. The third-order valence-corrected chi connectivity index (χ3v) is 5.27. The number of hydrogen-bond acceptors (Lipinski definition) is 3. The lowest BCUT2D eigenvalue weighted by atomic mass is 10.0. The van der Waals surface area contributed by atoms with E-state index in [0.29, 0.717) is 5.92 Å². The van der Waals surface area contributed by atoms with Gasteiger partial charge < -0.3 is 0 Å². The zero-order valence-corrected chi connectivity index (χ0v) is 12.1. The molecule has 0 heterocycles. The van der Waals surface area contributed by atoms with Crippen LogP contribution in [0, 0.1) is 0 Å². The van der Waals surface area contributed by atoms with Crippen molar-refractivity contribution in [2.45, 2.75) is 50.2 Å². The molecule has 100 valence electrons. The predicted molar refractivity (Wildman–Crippen MR) is 72.5 cm³/mol. The fraction of sp³-hybridized carbons (Fsp3) is 0.500. The smallest absolute Gasteiger partial charge is 0.188 e. The zero-order chi connectivity index (χ0) is 13.9. The fourth-order valence-corrected chi connectivity index (χ4v) is 3.14. The van der Waals surface area contributed by atoms with Gasteiger partial charge in [-0.25, -0.2) is 8.42 Å². The molecule has 4 heteroatoms. The van der Waals surface area contributed by atoms with E-state index in [9.17, 15) is 13.2 Å². The lowest BCUT2D eigenvalue weighted by Gasteiger charge is -2.12. The number of ketones is 1. The third-order valence-electron chi connectivity index (χ3n) is 3.14. The maximum Gasteiger partial charge on any atom is 0.188 e. The van der Waals surface area contributed by atoms with Crippen molar-refractivity contribution in [2.75, 3.05) is 0 Å². The first kappa shape index (κ1) is 14.9. The van der Waals surface area contributed by atoms with Gasteiger partial charge in [-0.1, -0.05) is 32.9 Å². The van der Waals surface area contributed by atoms with Crippen LogP contribution in [0.4, 0.5) is 0 Å². The van der Waals surface area contributed by atoms with Gasteiger partial charge in [0.15, 0.2) is 15.6 Å². The molecule has 0 saturated carbocycles. The molecule has 0 spiro atoms. The summed E-state index contributed by atoms with van der Waals surface area (Å²) >= 11 is 0. The van der Waals surface area contributed by atoms with Crippen LogP contribution in [0.25, 0.3) is 0 Å². The summed E-state index contributed by atoms with van der Waals surface area (Å²) in [6.07, 6.45) is 0.241. The van der Waals surface area contributed by atoms with Gasteiger partial charge in [-0.2, -0.15) is 0 Å². The number of carbonyl (C=O) groups is 1. The first-order valence-electron chi connectivity index (χ1n) is 6.17. The van der Waals surface area contributed by atoms with E-state index >= 15 is 0 Å². The van der Waals surface area contributed by atoms with E-state index in [1.54, 1.807) is 31.2 Å². The minimum absolute atomic E-state index is 0.223. The number of sulfone groups is 1. The molecule has 0 aliphatic carbocycles. The maximum atomic E-state index is 12.2. The number of Topliss-reactive ketones (excluding diaryl/α,β-unsaturated/α-hetero) is 1. The molecule has 1 unspecified atom stereocenters. The summed E-state index contributed by atoms with van der Waals surface area (Å²) in [5, 5.41) is -0.965. The van der Waals surface area contributed by atoms with Gasteiger partial charge in [0.25, 0.3) is 0 Å². The molecule has 1 aromatic carbocycles. The highest BCUT2D eigenvalue weighted by Gasteiger charge is 2.28. The van der Waals surface area contributed by atoms with Crippen molar-refractivity contribution >= 4 is 15.6 Å². The second kappa shape index (κ2) is 5.65. The second-order valence-corrected chi connectivity index (χ2v) is 7.00. The van der Waals surface area contributed by atoms with Gasteiger partial charge in [0, 0.05) is 6.42 Å². The Hall–Kier alpha value is -1.16. The molecule has 0 aromatic heterocycles. The normalized spacial score (nSPS) is 13.6. The molecule has 1 atom stereocenters. The molecular weight excluding hydrogens is 248 g/mol. The van der Waals surface area contributed by atoms with Crippen LogP contribution in [-0.4, -0.2) is 19.5 Å². The highest BCUT2D eigenvalue weighted by atomic mass is 32.2. The number of hydrogen-bond donors (Lipinski definition) is 0. The maximum absolute atomic E-state index is 12.2. The summed E-state index contributed by atoms with van der Waals surface area (Å²) in [6.45, 7) is 7.23. The van der Waals surface area contributed by atoms with Crippen LogP contribution in [0.3, 0.4) is 0 Å². The van der Waals surface area contributed by atoms with Crippen molar-refractivity contribution in [3.63, 3.8) is 0 Å². The van der Waals surface area contributed by atoms with E-state index in [-0.39, 0.29) is 17.1 Å². The molecule has 0 amide bonds. The topological polar surface area (TPSA) is 51.2 Å². The summed E-state index contributed by atoms with van der Waals surface area (Å²) in [7, 11) is -3.54. The second-order valence-electron chi connectivity index (χ2n) is 4.73. The van der Waals surface area contributed by atoms with Crippen LogP contribution in [-0.2, 0) is 14.6 Å². The minimum atomic E-state index is -3.54. The van der Waals surface area contributed by atoms with Crippen molar-refractivity contribution in [3.8, 4) is 0 Å². The van der Waals surface area contributed by atoms with Crippen molar-refractivity contribution in [2.24, 2.45) is 0 Å². The van der Waals surface area contributed by atoms with Crippen LogP contribution < -0.4 is 0 Å². The Morgan fingerprint density at radius 1 is 1.11 bits per heavy atom. The molecule has 18 heavy (non-hydrogen) atoms. The average molecular weight is 268 g/mol. The number of benzene rings is 1. The van der Waals surface area contributed by atoms with E-state index in [4.69, 9.17) is 0 Å². The van der Waals surface area contributed by atoms with Crippen LogP contribution in [0.2, 0.25) is 0 Å². The predicted octanol–water partition coefficient (Wildman–Crippen LogP) is 2.95. The highest BCUT2D eigenvalue weighted by Crippen LogP contribution is 2.21. The molecule has 0 N–H and O–H groups in total. The lowest BCUT2D eigenvalue weighted by Crippen LogP contribution is -2.26. The molecule has 3 nitrogen and oxygen atoms in total. The van der Waals surface area contributed by atoms with Crippen molar-refractivity contribution < 1.29 is 13.2 Å². The first-order chi connectivity index (χ1) is 8.30. The molecule has 0 bridgehead atoms. The number of carbonyl (C=O) groups excluding carboxylic acids is 1. The van der Waals surface area contributed by atoms with Crippen LogP contribution in [0.5, 0.6) is 0 Å². The Kier molecular flexibility index (Phi) is 4.68. The molecule has 0 fully saturated rings. The summed E-state index contributed by atoms with van der Waals surface area (Å²) < 4.78 is 24.4. The molecule has 1 aromatic rings. The van der Waals surface area contributed by atoms with Gasteiger partial charge in [0.2, 0.25) is 0 Å². The van der Waals surface area contributed by atoms with Gasteiger partial charge in [0.1, 0.15) is 5.25 Å². The molecule has 0 radical (unpaired) electrons. The quantitative estimate of drug-likeness (QED) is 0.825. The summed E-state index contributed by atoms with van der Waals surface area (Å²) in [5.41, 5.74) is 1.09. The Morgan fingerprint density at radius 2 is 1.61 bits per heavy atom. The molecular formula is C14H20O3S. The van der Waals surface area contributed by atoms with Crippen molar-refractivity contribution in [1.82, 2.24) is 0 Å². The number of rotatable bonds is 5. The van der Waals surface area contributed by atoms with E-state index in [0.717, 1.165) is 5.56 Å². The zero-order valence-electron chi connectivity index (χ0n) is 11.3. The standard InChI is InChI=1S/C14H20O3S/c1-5-14(15)11(4)18(16,17)13-8-6-12(7-9-13)10(2)3/h6-11H,5H2,1-4H3. The van der Waals surface area contributed by atoms with Gasteiger partial charge >= 0.3 is 0 Å². The lowest BCUT2D eigenvalue weighted by molar-refractivity contribution is -0.118. The van der Waals surface area contributed by atoms with Gasteiger partial charge in [-0.3, -0.25) is 4.79 Å². The van der Waals surface area contributed by atoms with Crippen molar-refractivity contribution in [3.05, 3.63) is 29.8 Å². The third kappa shape index (κ3) is 2.99. The van der Waals surface area contributed by atoms with Gasteiger partial charge in [-0.05, 0) is 30.5 Å². The van der Waals surface area contributed by atoms with Crippen molar-refractivity contribution in [1.29, 1.82) is 0 Å². The molecule has 0 saturated heterocycles. The van der Waals surface area contributed by atoms with E-state index in [2.05, 4.69) is 0 Å². The van der Waals surface area contributed by atoms with E-state index < -0.39 is 15.1 Å². The first-order valence-corrected chi connectivity index (χ1v) is 7.72. The molecule has 1 rings (SSSR count).